The van der Waals surface area contributed by atoms with Gasteiger partial charge in [-0.15, -0.1) is 16.4 Å². The molecule has 9 heteroatoms. The van der Waals surface area contributed by atoms with E-state index in [9.17, 15) is 4.79 Å². The molecule has 1 amide bonds. The van der Waals surface area contributed by atoms with Crippen molar-refractivity contribution < 1.29 is 9.53 Å². The van der Waals surface area contributed by atoms with Crippen molar-refractivity contribution in [3.05, 3.63) is 69.5 Å². The van der Waals surface area contributed by atoms with E-state index in [0.717, 1.165) is 22.6 Å². The number of nitrogens with one attached hydrogen (secondary N) is 1. The molecule has 0 saturated carbocycles. The van der Waals surface area contributed by atoms with Crippen LogP contribution in [0.3, 0.4) is 0 Å². The zero-order valence-electron chi connectivity index (χ0n) is 15.1. The van der Waals surface area contributed by atoms with E-state index in [4.69, 9.17) is 27.9 Å². The van der Waals surface area contributed by atoms with Crippen molar-refractivity contribution in [2.24, 2.45) is 0 Å². The normalized spacial score (nSPS) is 11.3. The van der Waals surface area contributed by atoms with Crippen molar-refractivity contribution in [1.82, 2.24) is 14.6 Å². The highest BCUT2D eigenvalue weighted by atomic mass is 35.5. The van der Waals surface area contributed by atoms with Crippen LogP contribution in [-0.4, -0.2) is 27.6 Å². The summed E-state index contributed by atoms with van der Waals surface area (Å²) in [5, 5.41) is 9.90. The number of fused-ring (bicyclic) bond motifs is 1. The van der Waals surface area contributed by atoms with Gasteiger partial charge in [0.25, 0.3) is 11.9 Å². The second-order valence-electron chi connectivity index (χ2n) is 5.95. The maximum atomic E-state index is 12.2. The summed E-state index contributed by atoms with van der Waals surface area (Å²) in [5.41, 5.74) is 2.48. The van der Waals surface area contributed by atoms with E-state index in [1.54, 1.807) is 35.9 Å². The van der Waals surface area contributed by atoms with Crippen LogP contribution in [0.15, 0.2) is 53.9 Å². The van der Waals surface area contributed by atoms with E-state index in [-0.39, 0.29) is 11.9 Å². The monoisotopic (exact) mass is 444 g/mol. The van der Waals surface area contributed by atoms with Crippen LogP contribution in [-0.2, 0) is 4.79 Å². The van der Waals surface area contributed by atoms with Crippen molar-refractivity contribution in [3.8, 4) is 17.0 Å². The van der Waals surface area contributed by atoms with Gasteiger partial charge in [0, 0.05) is 17.0 Å². The topological polar surface area (TPSA) is 68.5 Å². The van der Waals surface area contributed by atoms with Gasteiger partial charge in [0.2, 0.25) is 4.96 Å². The molecule has 0 spiro atoms. The van der Waals surface area contributed by atoms with Gasteiger partial charge in [0.05, 0.1) is 22.8 Å². The lowest BCUT2D eigenvalue weighted by Crippen LogP contribution is -2.09. The zero-order valence-corrected chi connectivity index (χ0v) is 17.4. The molecule has 0 fully saturated rings. The molecule has 4 aromatic rings. The molecule has 0 bridgehead atoms. The molecule has 4 rings (SSSR count). The molecular weight excluding hydrogens is 431 g/mol. The minimum Gasteiger partial charge on any atom is -0.496 e. The smallest absolute Gasteiger partial charge is 0.250 e. The van der Waals surface area contributed by atoms with E-state index in [1.807, 2.05) is 29.6 Å². The summed E-state index contributed by atoms with van der Waals surface area (Å²) in [6, 6.07) is 12.8. The fourth-order valence-corrected chi connectivity index (χ4v) is 3.84. The molecule has 1 N–H and O–H groups in total. The van der Waals surface area contributed by atoms with Crippen molar-refractivity contribution in [1.29, 1.82) is 0 Å². The molecule has 0 unspecified atom stereocenters. The van der Waals surface area contributed by atoms with Crippen molar-refractivity contribution in [2.45, 2.75) is 0 Å². The van der Waals surface area contributed by atoms with Crippen LogP contribution in [0.4, 0.5) is 5.95 Å². The number of anilines is 1. The molecule has 0 aliphatic heterocycles. The highest BCUT2D eigenvalue weighted by molar-refractivity contribution is 7.15. The van der Waals surface area contributed by atoms with Gasteiger partial charge in [-0.05, 0) is 35.9 Å². The minimum atomic E-state index is -0.354. The number of ether oxygens (including phenoxy) is 1. The number of rotatable bonds is 5. The Labute approximate surface area is 180 Å². The minimum absolute atomic E-state index is 0.219. The summed E-state index contributed by atoms with van der Waals surface area (Å²) < 4.78 is 7.11. The lowest BCUT2D eigenvalue weighted by molar-refractivity contribution is -0.111. The average molecular weight is 445 g/mol. The summed E-state index contributed by atoms with van der Waals surface area (Å²) in [7, 11) is 1.62. The molecule has 146 valence electrons. The Morgan fingerprint density at radius 3 is 2.83 bits per heavy atom. The lowest BCUT2D eigenvalue weighted by atomic mass is 10.1. The largest absolute Gasteiger partial charge is 0.496 e. The first-order chi connectivity index (χ1) is 14.0. The van der Waals surface area contributed by atoms with Gasteiger partial charge >= 0.3 is 0 Å². The van der Waals surface area contributed by atoms with E-state index in [1.165, 1.54) is 17.4 Å². The highest BCUT2D eigenvalue weighted by Gasteiger charge is 2.15. The molecule has 29 heavy (non-hydrogen) atoms. The molecule has 0 aliphatic carbocycles. The van der Waals surface area contributed by atoms with Gasteiger partial charge in [-0.1, -0.05) is 41.4 Å². The number of benzene rings is 2. The Morgan fingerprint density at radius 2 is 2.03 bits per heavy atom. The average Bonchev–Trinajstić information content (AvgIpc) is 3.29. The van der Waals surface area contributed by atoms with Gasteiger partial charge < -0.3 is 4.74 Å². The SMILES string of the molecule is COc1ccccc1-c1csc2nc(NC(=O)/C=C/c3ccc(Cl)c(Cl)c3)nn12. The number of thiazole rings is 1. The van der Waals surface area contributed by atoms with Crippen molar-refractivity contribution in [3.63, 3.8) is 0 Å². The number of hydrogen-bond acceptors (Lipinski definition) is 5. The second kappa shape index (κ2) is 8.24. The van der Waals surface area contributed by atoms with Crippen molar-refractivity contribution >= 4 is 57.4 Å². The number of methoxy groups -OCH3 is 1. The number of halogens is 2. The molecule has 0 aliphatic rings. The number of hydrogen-bond donors (Lipinski definition) is 1. The van der Waals surface area contributed by atoms with E-state index < -0.39 is 0 Å². The summed E-state index contributed by atoms with van der Waals surface area (Å²) in [6.45, 7) is 0. The quantitative estimate of drug-likeness (QED) is 0.417. The third-order valence-corrected chi connectivity index (χ3v) is 5.63. The number of para-hydroxylation sites is 1. The van der Waals surface area contributed by atoms with Crippen LogP contribution >= 0.6 is 34.5 Å². The summed E-state index contributed by atoms with van der Waals surface area (Å²) in [4.78, 5) is 17.3. The lowest BCUT2D eigenvalue weighted by Gasteiger charge is -2.06. The van der Waals surface area contributed by atoms with Gasteiger partial charge in [-0.25, -0.2) is 4.52 Å². The molecule has 2 heterocycles. The van der Waals surface area contributed by atoms with Crippen LogP contribution in [0.5, 0.6) is 5.75 Å². The van der Waals surface area contributed by atoms with Crippen LogP contribution < -0.4 is 10.1 Å². The summed E-state index contributed by atoms with van der Waals surface area (Å²) in [5.74, 6) is 0.600. The number of amides is 1. The fraction of sp³-hybridized carbons (Fsp3) is 0.0500. The van der Waals surface area contributed by atoms with Gasteiger partial charge in [-0.2, -0.15) is 4.98 Å². The Kier molecular flexibility index (Phi) is 5.53. The number of nitrogens with zero attached hydrogens (tertiary/aromatic N) is 3. The Balaban J connectivity index is 1.54. The van der Waals surface area contributed by atoms with Gasteiger partial charge in [0.1, 0.15) is 5.75 Å². The first-order valence-corrected chi connectivity index (χ1v) is 10.1. The molecule has 0 radical (unpaired) electrons. The summed E-state index contributed by atoms with van der Waals surface area (Å²) in [6.07, 6.45) is 3.02. The van der Waals surface area contributed by atoms with E-state index in [2.05, 4.69) is 15.4 Å². The van der Waals surface area contributed by atoms with E-state index >= 15 is 0 Å². The third-order valence-electron chi connectivity index (χ3n) is 4.07. The number of carbonyl (C=O) groups excluding carboxylic acids is 1. The highest BCUT2D eigenvalue weighted by Crippen LogP contribution is 2.32. The van der Waals surface area contributed by atoms with Crippen LogP contribution in [0, 0.1) is 0 Å². The van der Waals surface area contributed by atoms with Crippen LogP contribution in [0.2, 0.25) is 10.0 Å². The zero-order chi connectivity index (χ0) is 20.4. The van der Waals surface area contributed by atoms with E-state index in [0.29, 0.717) is 15.0 Å². The Hall–Kier alpha value is -2.87. The first-order valence-electron chi connectivity index (χ1n) is 8.47. The van der Waals surface area contributed by atoms with Gasteiger partial charge in [0.15, 0.2) is 0 Å². The maximum Gasteiger partial charge on any atom is 0.250 e. The molecule has 0 saturated heterocycles. The Bertz CT molecular complexity index is 1230. The molecule has 2 aromatic heterocycles. The predicted molar refractivity (Wildman–Crippen MR) is 117 cm³/mol. The van der Waals surface area contributed by atoms with Crippen LogP contribution in [0.25, 0.3) is 22.3 Å². The first kappa shape index (κ1) is 19.4. The third kappa shape index (κ3) is 4.12. The fourth-order valence-electron chi connectivity index (χ4n) is 2.72. The Morgan fingerprint density at radius 1 is 1.21 bits per heavy atom. The van der Waals surface area contributed by atoms with Crippen LogP contribution in [0.1, 0.15) is 5.56 Å². The van der Waals surface area contributed by atoms with Gasteiger partial charge in [-0.3, -0.25) is 10.1 Å². The van der Waals surface area contributed by atoms with Crippen molar-refractivity contribution in [2.75, 3.05) is 12.4 Å². The predicted octanol–water partition coefficient (Wildman–Crippen LogP) is 5.43. The number of carbonyl (C=O) groups is 1. The number of aromatic nitrogens is 3. The molecule has 6 nitrogen and oxygen atoms in total. The second-order valence-corrected chi connectivity index (χ2v) is 7.60. The molecule has 2 aromatic carbocycles. The molecule has 0 atom stereocenters. The molecular formula is C20H14Cl2N4O2S. The maximum absolute atomic E-state index is 12.2. The standard InChI is InChI=1S/C20H14Cl2N4O2S/c1-28-17-5-3-2-4-13(17)16-11-29-20-24-19(25-26(16)20)23-18(27)9-7-12-6-8-14(21)15(22)10-12/h2-11H,1H3,(H,23,25,27)/b9-7+. The summed E-state index contributed by atoms with van der Waals surface area (Å²) >= 11 is 13.3.